The van der Waals surface area contributed by atoms with E-state index in [9.17, 15) is 24.5 Å². The Hall–Kier alpha value is -4.71. The molecule has 2 heterocycles. The van der Waals surface area contributed by atoms with Crippen molar-refractivity contribution in [2.24, 2.45) is 0 Å². The second-order valence-electron chi connectivity index (χ2n) is 8.69. The topological polar surface area (TPSA) is 141 Å². The van der Waals surface area contributed by atoms with Crippen LogP contribution in [0.3, 0.4) is 0 Å². The van der Waals surface area contributed by atoms with Crippen LogP contribution >= 0.6 is 11.8 Å². The van der Waals surface area contributed by atoms with E-state index in [4.69, 9.17) is 9.47 Å². The Morgan fingerprint density at radius 3 is 2.56 bits per heavy atom. The number of imide groups is 1. The van der Waals surface area contributed by atoms with Gasteiger partial charge in [0.25, 0.3) is 17.0 Å². The number of benzene rings is 2. The average molecular weight is 549 g/mol. The molecule has 4 rings (SSSR count). The van der Waals surface area contributed by atoms with Gasteiger partial charge in [0.1, 0.15) is 6.54 Å². The molecule has 12 heteroatoms. The molecule has 0 aliphatic carbocycles. The van der Waals surface area contributed by atoms with Crippen LogP contribution in [0.25, 0.3) is 6.08 Å². The second-order valence-corrected chi connectivity index (χ2v) is 9.68. The fourth-order valence-corrected chi connectivity index (χ4v) is 4.48. The first-order chi connectivity index (χ1) is 18.7. The first-order valence-electron chi connectivity index (χ1n) is 11.8. The zero-order valence-electron chi connectivity index (χ0n) is 21.2. The molecule has 3 aromatic rings. The smallest absolute Gasteiger partial charge is 0.331 e. The van der Waals surface area contributed by atoms with Crippen LogP contribution in [-0.4, -0.2) is 45.5 Å². The van der Waals surface area contributed by atoms with Crippen molar-refractivity contribution in [3.8, 4) is 17.4 Å². The highest BCUT2D eigenvalue weighted by molar-refractivity contribution is 8.18. The summed E-state index contributed by atoms with van der Waals surface area (Å²) in [6.07, 6.45) is 2.85. The maximum absolute atomic E-state index is 12.9. The number of methoxy groups -OCH3 is 1. The molecule has 1 saturated heterocycles. The molecule has 1 aliphatic heterocycles. The van der Waals surface area contributed by atoms with Crippen LogP contribution in [-0.2, 0) is 9.59 Å². The summed E-state index contributed by atoms with van der Waals surface area (Å²) in [6.45, 7) is 3.71. The maximum Gasteiger partial charge on any atom is 0.331 e. The van der Waals surface area contributed by atoms with E-state index in [1.807, 2.05) is 12.1 Å². The normalized spacial score (nSPS) is 14.2. The first-order valence-corrected chi connectivity index (χ1v) is 12.6. The van der Waals surface area contributed by atoms with E-state index < -0.39 is 28.5 Å². The molecule has 1 fully saturated rings. The number of carbonyl (C=O) groups excluding carboxylic acids is 3. The van der Waals surface area contributed by atoms with Crippen LogP contribution in [0.4, 0.5) is 16.2 Å². The molecule has 3 amide bonds. The minimum atomic E-state index is -0.609. The predicted octanol–water partition coefficient (Wildman–Crippen LogP) is 5.59. The van der Waals surface area contributed by atoms with Crippen LogP contribution in [0.2, 0.25) is 0 Å². The van der Waals surface area contributed by atoms with Crippen molar-refractivity contribution in [1.29, 1.82) is 0 Å². The van der Waals surface area contributed by atoms with Gasteiger partial charge in [-0.25, -0.2) is 4.98 Å². The lowest BCUT2D eigenvalue weighted by Crippen LogP contribution is -2.36. The Morgan fingerprint density at radius 2 is 1.90 bits per heavy atom. The fourth-order valence-electron chi connectivity index (χ4n) is 3.65. The number of anilines is 1. The molecule has 0 radical (unpaired) electrons. The number of nitro groups is 1. The SMILES string of the molecule is COc1cc(/C=C2\SC(=O)N(CC(=O)Nc3ccc(C(C)C)cc3)C2=O)ccc1Oc1ncccc1[N+](=O)[O-]. The van der Waals surface area contributed by atoms with E-state index in [2.05, 4.69) is 24.1 Å². The third-order valence-electron chi connectivity index (χ3n) is 5.68. The number of hydrogen-bond donors (Lipinski definition) is 1. The standard InChI is InChI=1S/C27H24N4O7S/c1-16(2)18-7-9-19(10-8-18)29-24(32)15-30-26(33)23(39-27(30)34)14-17-6-11-21(22(13-17)37-3)38-25-20(31(35)36)5-4-12-28-25/h4-14,16H,15H2,1-3H3,(H,29,32)/b23-14-. The van der Waals surface area contributed by atoms with E-state index in [-0.39, 0.29) is 28.0 Å². The van der Waals surface area contributed by atoms with Gasteiger partial charge >= 0.3 is 5.69 Å². The van der Waals surface area contributed by atoms with Crippen molar-refractivity contribution in [3.05, 3.63) is 86.9 Å². The molecule has 1 aliphatic rings. The zero-order valence-corrected chi connectivity index (χ0v) is 22.1. The molecule has 0 unspecified atom stereocenters. The highest BCUT2D eigenvalue weighted by atomic mass is 32.2. The van der Waals surface area contributed by atoms with Gasteiger partial charge in [0.15, 0.2) is 11.5 Å². The number of pyridine rings is 1. The fraction of sp³-hybridized carbons (Fsp3) is 0.185. The van der Waals surface area contributed by atoms with Crippen molar-refractivity contribution in [1.82, 2.24) is 9.88 Å². The monoisotopic (exact) mass is 548 g/mol. The summed E-state index contributed by atoms with van der Waals surface area (Å²) in [4.78, 5) is 53.5. The Balaban J connectivity index is 1.46. The Morgan fingerprint density at radius 1 is 1.15 bits per heavy atom. The largest absolute Gasteiger partial charge is 0.493 e. The minimum Gasteiger partial charge on any atom is -0.493 e. The minimum absolute atomic E-state index is 0.130. The van der Waals surface area contributed by atoms with Gasteiger partial charge in [0, 0.05) is 18.0 Å². The molecule has 200 valence electrons. The summed E-state index contributed by atoms with van der Waals surface area (Å²) in [5.74, 6) is -0.554. The summed E-state index contributed by atoms with van der Waals surface area (Å²) in [5, 5.41) is 13.4. The van der Waals surface area contributed by atoms with Gasteiger partial charge in [-0.2, -0.15) is 0 Å². The lowest BCUT2D eigenvalue weighted by atomic mass is 10.0. The van der Waals surface area contributed by atoms with Gasteiger partial charge in [0.2, 0.25) is 5.91 Å². The number of rotatable bonds is 9. The molecule has 11 nitrogen and oxygen atoms in total. The lowest BCUT2D eigenvalue weighted by Gasteiger charge is -2.13. The number of nitrogens with one attached hydrogen (secondary N) is 1. The van der Waals surface area contributed by atoms with Gasteiger partial charge in [-0.3, -0.25) is 29.4 Å². The third kappa shape index (κ3) is 6.41. The van der Waals surface area contributed by atoms with Crippen molar-refractivity contribution >= 4 is 46.3 Å². The van der Waals surface area contributed by atoms with Gasteiger partial charge in [-0.15, -0.1) is 0 Å². The van der Waals surface area contributed by atoms with E-state index in [0.717, 1.165) is 22.2 Å². The highest BCUT2D eigenvalue weighted by Gasteiger charge is 2.36. The van der Waals surface area contributed by atoms with Crippen LogP contribution in [0.1, 0.15) is 30.9 Å². The molecule has 2 aromatic carbocycles. The lowest BCUT2D eigenvalue weighted by molar-refractivity contribution is -0.386. The second kappa shape index (κ2) is 11.8. The van der Waals surface area contributed by atoms with Crippen molar-refractivity contribution in [2.75, 3.05) is 19.0 Å². The average Bonchev–Trinajstić information content (AvgIpc) is 3.17. The summed E-state index contributed by atoms with van der Waals surface area (Å²) < 4.78 is 11.0. The molecular formula is C27H24N4O7S. The molecule has 0 spiro atoms. The number of ether oxygens (including phenoxy) is 2. The maximum atomic E-state index is 12.9. The molecule has 0 saturated carbocycles. The summed E-state index contributed by atoms with van der Waals surface area (Å²) >= 11 is 0.717. The van der Waals surface area contributed by atoms with Crippen LogP contribution in [0, 0.1) is 10.1 Å². The van der Waals surface area contributed by atoms with Gasteiger partial charge in [-0.1, -0.05) is 32.0 Å². The number of aromatic nitrogens is 1. The summed E-state index contributed by atoms with van der Waals surface area (Å²) in [5.41, 5.74) is 1.89. The van der Waals surface area contributed by atoms with Crippen molar-refractivity contribution in [2.45, 2.75) is 19.8 Å². The first kappa shape index (κ1) is 27.3. The number of carbonyl (C=O) groups is 3. The molecular weight excluding hydrogens is 524 g/mol. The number of thioether (sulfide) groups is 1. The Kier molecular flexibility index (Phi) is 8.25. The van der Waals surface area contributed by atoms with Crippen LogP contribution in [0.15, 0.2) is 65.7 Å². The number of nitrogens with zero attached hydrogens (tertiary/aromatic N) is 3. The Labute approximate surface area is 228 Å². The van der Waals surface area contributed by atoms with E-state index in [0.29, 0.717) is 17.2 Å². The van der Waals surface area contributed by atoms with Crippen LogP contribution < -0.4 is 14.8 Å². The summed E-state index contributed by atoms with van der Waals surface area (Å²) in [7, 11) is 1.39. The molecule has 0 bridgehead atoms. The Bertz CT molecular complexity index is 1470. The number of hydrogen-bond acceptors (Lipinski definition) is 9. The van der Waals surface area contributed by atoms with Gasteiger partial charge in [-0.05, 0) is 65.2 Å². The molecule has 1 N–H and O–H groups in total. The van der Waals surface area contributed by atoms with Crippen molar-refractivity contribution < 1.29 is 28.8 Å². The molecule has 0 atom stereocenters. The van der Waals surface area contributed by atoms with E-state index in [1.54, 1.807) is 24.3 Å². The van der Waals surface area contributed by atoms with Gasteiger partial charge in [0.05, 0.1) is 16.9 Å². The molecule has 1 aromatic heterocycles. The van der Waals surface area contributed by atoms with Gasteiger partial charge < -0.3 is 14.8 Å². The third-order valence-corrected chi connectivity index (χ3v) is 6.58. The summed E-state index contributed by atoms with van der Waals surface area (Å²) in [6, 6.07) is 14.7. The predicted molar refractivity (Wildman–Crippen MR) is 146 cm³/mol. The molecule has 39 heavy (non-hydrogen) atoms. The van der Waals surface area contributed by atoms with E-state index in [1.165, 1.54) is 37.6 Å². The quantitative estimate of drug-likeness (QED) is 0.206. The zero-order chi connectivity index (χ0) is 28.1. The van der Waals surface area contributed by atoms with Crippen LogP contribution in [0.5, 0.6) is 17.4 Å². The number of amides is 3. The van der Waals surface area contributed by atoms with E-state index >= 15 is 0 Å². The highest BCUT2D eigenvalue weighted by Crippen LogP contribution is 2.37. The van der Waals surface area contributed by atoms with Crippen molar-refractivity contribution in [3.63, 3.8) is 0 Å².